The van der Waals surface area contributed by atoms with E-state index in [0.717, 1.165) is 18.4 Å². The van der Waals surface area contributed by atoms with Gasteiger partial charge in [0.05, 0.1) is 5.56 Å². The highest BCUT2D eigenvalue weighted by atomic mass is 28.3. The number of rotatable bonds is 8. The molecule has 0 fully saturated rings. The van der Waals surface area contributed by atoms with Gasteiger partial charge >= 0.3 is 5.97 Å². The van der Waals surface area contributed by atoms with E-state index in [9.17, 15) is 9.90 Å². The predicted molar refractivity (Wildman–Crippen MR) is 105 cm³/mol. The van der Waals surface area contributed by atoms with Crippen LogP contribution >= 0.6 is 0 Å². The Morgan fingerprint density at radius 2 is 1.96 bits per heavy atom. The molecule has 24 heavy (non-hydrogen) atoms. The molecule has 1 aromatic carbocycles. The van der Waals surface area contributed by atoms with Gasteiger partial charge in [-0.25, -0.2) is 4.79 Å². The van der Waals surface area contributed by atoms with Crippen molar-refractivity contribution in [3.8, 4) is 0 Å². The van der Waals surface area contributed by atoms with E-state index >= 15 is 0 Å². The largest absolute Gasteiger partial charge is 0.478 e. The van der Waals surface area contributed by atoms with Crippen molar-refractivity contribution in [1.82, 2.24) is 4.57 Å². The fourth-order valence-electron chi connectivity index (χ4n) is 3.19. The van der Waals surface area contributed by atoms with Gasteiger partial charge in [0.15, 0.2) is 0 Å². The minimum absolute atomic E-state index is 0.378. The SMILES string of the molecule is CCC(C)c1cn(CCCC[Si](C)(C)C)c2ccc(C(=O)O)cc12. The monoisotopic (exact) mass is 345 g/mol. The van der Waals surface area contributed by atoms with Crippen LogP contribution in [0.1, 0.15) is 54.9 Å². The van der Waals surface area contributed by atoms with Crippen LogP contribution in [0.25, 0.3) is 10.9 Å². The maximum absolute atomic E-state index is 11.3. The molecule has 2 aromatic rings. The van der Waals surface area contributed by atoms with Gasteiger partial charge in [0, 0.05) is 31.7 Å². The summed E-state index contributed by atoms with van der Waals surface area (Å²) in [5.41, 5.74) is 2.83. The van der Waals surface area contributed by atoms with Crippen LogP contribution in [0.4, 0.5) is 0 Å². The zero-order chi connectivity index (χ0) is 17.9. The maximum atomic E-state index is 11.3. The summed E-state index contributed by atoms with van der Waals surface area (Å²) in [6.07, 6.45) is 5.78. The zero-order valence-electron chi connectivity index (χ0n) is 15.7. The summed E-state index contributed by atoms with van der Waals surface area (Å²) in [7, 11) is -0.962. The first-order chi connectivity index (χ1) is 11.2. The van der Waals surface area contributed by atoms with E-state index < -0.39 is 14.0 Å². The van der Waals surface area contributed by atoms with Crippen LogP contribution in [0, 0.1) is 0 Å². The van der Waals surface area contributed by atoms with Crippen molar-refractivity contribution < 1.29 is 9.90 Å². The highest BCUT2D eigenvalue weighted by molar-refractivity contribution is 6.76. The minimum Gasteiger partial charge on any atom is -0.478 e. The first kappa shape index (κ1) is 18.8. The first-order valence-electron chi connectivity index (χ1n) is 9.09. The molecule has 3 nitrogen and oxygen atoms in total. The lowest BCUT2D eigenvalue weighted by molar-refractivity contribution is 0.0697. The van der Waals surface area contributed by atoms with E-state index in [2.05, 4.69) is 44.3 Å². The average Bonchev–Trinajstić information content (AvgIpc) is 2.88. The van der Waals surface area contributed by atoms with E-state index in [0.29, 0.717) is 11.5 Å². The Kier molecular flexibility index (Phi) is 5.91. The van der Waals surface area contributed by atoms with Gasteiger partial charge in [-0.3, -0.25) is 0 Å². The second-order valence-electron chi connectivity index (χ2n) is 8.14. The molecule has 0 saturated heterocycles. The number of benzene rings is 1. The molecule has 1 atom stereocenters. The number of aromatic nitrogens is 1. The average molecular weight is 346 g/mol. The standard InChI is InChI=1S/C20H31NO2Si/c1-6-15(2)18-14-21(11-7-8-12-24(3,4)5)19-10-9-16(20(22)23)13-17(18)19/h9-10,13-15H,6-8,11-12H2,1-5H3,(H,22,23). The summed E-state index contributed by atoms with van der Waals surface area (Å²) >= 11 is 0. The molecule has 2 rings (SSSR count). The fraction of sp³-hybridized carbons (Fsp3) is 0.550. The summed E-state index contributed by atoms with van der Waals surface area (Å²) in [6, 6.07) is 6.91. The third-order valence-corrected chi connectivity index (χ3v) is 6.73. The predicted octanol–water partition coefficient (Wildman–Crippen LogP) is 5.97. The van der Waals surface area contributed by atoms with Crippen LogP contribution in [0.3, 0.4) is 0 Å². The summed E-state index contributed by atoms with van der Waals surface area (Å²) in [5, 5.41) is 10.4. The highest BCUT2D eigenvalue weighted by Crippen LogP contribution is 2.31. The van der Waals surface area contributed by atoms with Gasteiger partial charge in [0.25, 0.3) is 0 Å². The van der Waals surface area contributed by atoms with E-state index in [1.165, 1.54) is 30.0 Å². The van der Waals surface area contributed by atoms with Crippen LogP contribution < -0.4 is 0 Å². The molecule has 0 radical (unpaired) electrons. The number of carboxylic acid groups (broad SMARTS) is 1. The van der Waals surface area contributed by atoms with Crippen LogP contribution in [0.15, 0.2) is 24.4 Å². The Balaban J connectivity index is 2.28. The second kappa shape index (κ2) is 7.56. The summed E-state index contributed by atoms with van der Waals surface area (Å²) in [4.78, 5) is 11.3. The van der Waals surface area contributed by atoms with Crippen molar-refractivity contribution in [3.05, 3.63) is 35.5 Å². The Bertz CT molecular complexity index is 712. The van der Waals surface area contributed by atoms with Crippen LogP contribution in [-0.2, 0) is 6.54 Å². The molecule has 0 amide bonds. The van der Waals surface area contributed by atoms with Crippen molar-refractivity contribution in [3.63, 3.8) is 0 Å². The molecule has 1 unspecified atom stereocenters. The molecule has 0 spiro atoms. The smallest absolute Gasteiger partial charge is 0.335 e. The topological polar surface area (TPSA) is 42.2 Å². The molecule has 1 aromatic heterocycles. The van der Waals surface area contributed by atoms with Crippen LogP contribution in [-0.4, -0.2) is 23.7 Å². The number of carbonyl (C=O) groups is 1. The fourth-order valence-corrected chi connectivity index (χ4v) is 4.50. The third-order valence-electron chi connectivity index (χ3n) is 4.88. The van der Waals surface area contributed by atoms with Gasteiger partial charge in [-0.05, 0) is 42.5 Å². The molecular formula is C20H31NO2Si. The molecule has 4 heteroatoms. The lowest BCUT2D eigenvalue weighted by atomic mass is 9.97. The molecule has 0 aliphatic carbocycles. The molecule has 0 saturated carbocycles. The van der Waals surface area contributed by atoms with Gasteiger partial charge < -0.3 is 9.67 Å². The quantitative estimate of drug-likeness (QED) is 0.473. The summed E-state index contributed by atoms with van der Waals surface area (Å²) in [5.74, 6) is -0.408. The van der Waals surface area contributed by atoms with Gasteiger partial charge in [0.2, 0.25) is 0 Å². The minimum atomic E-state index is -0.962. The zero-order valence-corrected chi connectivity index (χ0v) is 16.7. The Morgan fingerprint density at radius 3 is 2.54 bits per heavy atom. The number of unbranched alkanes of at least 4 members (excludes halogenated alkanes) is 1. The Morgan fingerprint density at radius 1 is 1.25 bits per heavy atom. The lowest BCUT2D eigenvalue weighted by Gasteiger charge is -2.15. The highest BCUT2D eigenvalue weighted by Gasteiger charge is 2.16. The normalized spacial score (nSPS) is 13.4. The van der Waals surface area contributed by atoms with Gasteiger partial charge in [0.1, 0.15) is 0 Å². The number of aromatic carboxylic acids is 1. The van der Waals surface area contributed by atoms with Crippen molar-refractivity contribution in [2.24, 2.45) is 0 Å². The molecule has 0 bridgehead atoms. The van der Waals surface area contributed by atoms with E-state index in [1.54, 1.807) is 6.07 Å². The number of nitrogens with zero attached hydrogens (tertiary/aromatic N) is 1. The number of hydrogen-bond donors (Lipinski definition) is 1. The number of fused-ring (bicyclic) bond motifs is 1. The first-order valence-corrected chi connectivity index (χ1v) is 12.8. The molecular weight excluding hydrogens is 314 g/mol. The van der Waals surface area contributed by atoms with Gasteiger partial charge in [-0.2, -0.15) is 0 Å². The Hall–Kier alpha value is -1.55. The molecule has 132 valence electrons. The molecule has 1 N–H and O–H groups in total. The van der Waals surface area contributed by atoms with Crippen molar-refractivity contribution in [2.45, 2.75) is 71.3 Å². The third kappa shape index (κ3) is 4.50. The van der Waals surface area contributed by atoms with Crippen molar-refractivity contribution in [1.29, 1.82) is 0 Å². The van der Waals surface area contributed by atoms with Crippen LogP contribution in [0.5, 0.6) is 0 Å². The van der Waals surface area contributed by atoms with E-state index in [4.69, 9.17) is 0 Å². The second-order valence-corrected chi connectivity index (χ2v) is 13.8. The molecule has 0 aliphatic heterocycles. The van der Waals surface area contributed by atoms with E-state index in [-0.39, 0.29) is 0 Å². The summed E-state index contributed by atoms with van der Waals surface area (Å²) in [6.45, 7) is 12.7. The van der Waals surface area contributed by atoms with Crippen molar-refractivity contribution in [2.75, 3.05) is 0 Å². The van der Waals surface area contributed by atoms with Gasteiger partial charge in [-0.1, -0.05) is 46.0 Å². The number of carboxylic acids is 1. The number of hydrogen-bond acceptors (Lipinski definition) is 1. The maximum Gasteiger partial charge on any atom is 0.335 e. The lowest BCUT2D eigenvalue weighted by Crippen LogP contribution is -2.18. The Labute approximate surface area is 146 Å². The molecule has 0 aliphatic rings. The van der Waals surface area contributed by atoms with E-state index in [1.807, 2.05) is 12.1 Å². The van der Waals surface area contributed by atoms with Gasteiger partial charge in [-0.15, -0.1) is 0 Å². The van der Waals surface area contributed by atoms with Crippen LogP contribution in [0.2, 0.25) is 25.7 Å². The number of aryl methyl sites for hydroxylation is 1. The summed E-state index contributed by atoms with van der Waals surface area (Å²) < 4.78 is 2.33. The van der Waals surface area contributed by atoms with Crippen molar-refractivity contribution >= 4 is 24.9 Å². The molecule has 1 heterocycles.